The van der Waals surface area contributed by atoms with Crippen molar-refractivity contribution in [1.82, 2.24) is 9.38 Å². The van der Waals surface area contributed by atoms with Crippen molar-refractivity contribution in [3.63, 3.8) is 0 Å². The van der Waals surface area contributed by atoms with E-state index in [2.05, 4.69) is 4.98 Å². The highest BCUT2D eigenvalue weighted by atomic mass is 32.1. The van der Waals surface area contributed by atoms with E-state index < -0.39 is 11.5 Å². The molecule has 1 amide bonds. The number of hydrogen-bond acceptors (Lipinski definition) is 4. The lowest BCUT2D eigenvalue weighted by molar-refractivity contribution is 0.0998. The van der Waals surface area contributed by atoms with Gasteiger partial charge in [-0.3, -0.25) is 14.0 Å². The number of thiazole rings is 1. The van der Waals surface area contributed by atoms with E-state index in [1.54, 1.807) is 0 Å². The standard InChI is InChI=1S/C14H11N3O2S/c1-8-2-4-9(5-3-8)11-7-20-14-16-6-10(12(15)18)13(19)17(11)14/h2-7H,1H3,(H2,15,18). The molecule has 0 aliphatic rings. The van der Waals surface area contributed by atoms with Gasteiger partial charge in [0.05, 0.1) is 5.69 Å². The van der Waals surface area contributed by atoms with Gasteiger partial charge in [0.25, 0.3) is 11.5 Å². The maximum atomic E-state index is 12.3. The summed E-state index contributed by atoms with van der Waals surface area (Å²) in [5, 5.41) is 1.85. The lowest BCUT2D eigenvalue weighted by Crippen LogP contribution is -2.26. The first kappa shape index (κ1) is 12.6. The van der Waals surface area contributed by atoms with Crippen LogP contribution in [0.5, 0.6) is 0 Å². The molecule has 0 saturated carbocycles. The number of aromatic nitrogens is 2. The molecule has 0 aliphatic heterocycles. The van der Waals surface area contributed by atoms with Crippen molar-refractivity contribution < 1.29 is 4.79 Å². The Morgan fingerprint density at radius 1 is 1.30 bits per heavy atom. The second kappa shape index (κ2) is 4.57. The fraction of sp³-hybridized carbons (Fsp3) is 0.0714. The fourth-order valence-electron chi connectivity index (χ4n) is 1.99. The summed E-state index contributed by atoms with van der Waals surface area (Å²) in [5.74, 6) is -0.766. The Morgan fingerprint density at radius 2 is 2.00 bits per heavy atom. The molecular formula is C14H11N3O2S. The van der Waals surface area contributed by atoms with E-state index >= 15 is 0 Å². The van der Waals surface area contributed by atoms with Crippen molar-refractivity contribution in [2.24, 2.45) is 5.73 Å². The van der Waals surface area contributed by atoms with Crippen LogP contribution >= 0.6 is 11.3 Å². The highest BCUT2D eigenvalue weighted by Crippen LogP contribution is 2.24. The molecule has 0 bridgehead atoms. The van der Waals surface area contributed by atoms with Crippen molar-refractivity contribution in [3.8, 4) is 11.3 Å². The molecule has 2 heterocycles. The zero-order chi connectivity index (χ0) is 14.3. The van der Waals surface area contributed by atoms with Gasteiger partial charge in [-0.15, -0.1) is 11.3 Å². The summed E-state index contributed by atoms with van der Waals surface area (Å²) >= 11 is 1.35. The third-order valence-electron chi connectivity index (χ3n) is 3.06. The number of rotatable bonds is 2. The van der Waals surface area contributed by atoms with Crippen molar-refractivity contribution in [3.05, 3.63) is 57.3 Å². The van der Waals surface area contributed by atoms with E-state index in [0.29, 0.717) is 10.7 Å². The molecular weight excluding hydrogens is 274 g/mol. The van der Waals surface area contributed by atoms with Crippen LogP contribution < -0.4 is 11.3 Å². The molecule has 5 nitrogen and oxygen atoms in total. The van der Waals surface area contributed by atoms with Crippen LogP contribution in [-0.2, 0) is 0 Å². The minimum Gasteiger partial charge on any atom is -0.365 e. The summed E-state index contributed by atoms with van der Waals surface area (Å²) in [6.07, 6.45) is 1.23. The number of primary amides is 1. The van der Waals surface area contributed by atoms with Gasteiger partial charge in [-0.1, -0.05) is 29.8 Å². The smallest absolute Gasteiger partial charge is 0.271 e. The number of nitrogens with zero attached hydrogens (tertiary/aromatic N) is 2. The number of fused-ring (bicyclic) bond motifs is 1. The van der Waals surface area contributed by atoms with E-state index in [1.807, 2.05) is 36.6 Å². The van der Waals surface area contributed by atoms with Crippen LogP contribution in [-0.4, -0.2) is 15.3 Å². The molecule has 3 rings (SSSR count). The quantitative estimate of drug-likeness (QED) is 0.780. The largest absolute Gasteiger partial charge is 0.365 e. The maximum absolute atomic E-state index is 12.3. The van der Waals surface area contributed by atoms with Gasteiger partial charge in [0.1, 0.15) is 5.56 Å². The molecule has 1 aromatic carbocycles. The summed E-state index contributed by atoms with van der Waals surface area (Å²) < 4.78 is 1.43. The van der Waals surface area contributed by atoms with Crippen molar-refractivity contribution in [1.29, 1.82) is 0 Å². The molecule has 6 heteroatoms. The summed E-state index contributed by atoms with van der Waals surface area (Å²) in [7, 11) is 0. The van der Waals surface area contributed by atoms with E-state index in [4.69, 9.17) is 5.73 Å². The van der Waals surface area contributed by atoms with Gasteiger partial charge in [0.2, 0.25) is 0 Å². The average Bonchev–Trinajstić information content (AvgIpc) is 2.84. The lowest BCUT2D eigenvalue weighted by atomic mass is 10.1. The van der Waals surface area contributed by atoms with Crippen LogP contribution in [0.15, 0.2) is 40.6 Å². The third-order valence-corrected chi connectivity index (χ3v) is 3.90. The molecule has 0 spiro atoms. The Labute approximate surface area is 118 Å². The number of amides is 1. The van der Waals surface area contributed by atoms with Gasteiger partial charge in [0.15, 0.2) is 4.96 Å². The average molecular weight is 285 g/mol. The fourth-order valence-corrected chi connectivity index (χ4v) is 2.85. The highest BCUT2D eigenvalue weighted by molar-refractivity contribution is 7.15. The predicted octanol–water partition coefficient (Wildman–Crippen LogP) is 1.83. The molecule has 0 atom stereocenters. The topological polar surface area (TPSA) is 77.5 Å². The van der Waals surface area contributed by atoms with Crippen LogP contribution in [0.4, 0.5) is 0 Å². The third kappa shape index (κ3) is 1.90. The predicted molar refractivity (Wildman–Crippen MR) is 78.0 cm³/mol. The number of benzene rings is 1. The van der Waals surface area contributed by atoms with Gasteiger partial charge in [-0.2, -0.15) is 0 Å². The minimum atomic E-state index is -0.766. The van der Waals surface area contributed by atoms with Crippen molar-refractivity contribution in [2.75, 3.05) is 0 Å². The van der Waals surface area contributed by atoms with Gasteiger partial charge in [0, 0.05) is 11.6 Å². The molecule has 2 N–H and O–H groups in total. The van der Waals surface area contributed by atoms with E-state index in [0.717, 1.165) is 11.1 Å². The number of carbonyl (C=O) groups is 1. The van der Waals surface area contributed by atoms with E-state index in [-0.39, 0.29) is 5.56 Å². The zero-order valence-electron chi connectivity index (χ0n) is 10.7. The summed E-state index contributed by atoms with van der Waals surface area (Å²) in [6.45, 7) is 1.99. The van der Waals surface area contributed by atoms with E-state index in [9.17, 15) is 9.59 Å². The Bertz CT molecular complexity index is 862. The molecule has 2 aromatic heterocycles. The molecule has 0 aliphatic carbocycles. The molecule has 0 unspecified atom stereocenters. The van der Waals surface area contributed by atoms with Crippen LogP contribution in [0.2, 0.25) is 0 Å². The first-order valence-electron chi connectivity index (χ1n) is 5.94. The van der Waals surface area contributed by atoms with Crippen molar-refractivity contribution >= 4 is 22.2 Å². The SMILES string of the molecule is Cc1ccc(-c2csc3ncc(C(N)=O)c(=O)n23)cc1. The van der Waals surface area contributed by atoms with Gasteiger partial charge < -0.3 is 5.73 Å². The van der Waals surface area contributed by atoms with Crippen LogP contribution in [0.3, 0.4) is 0 Å². The summed E-state index contributed by atoms with van der Waals surface area (Å²) in [6, 6.07) is 7.80. The summed E-state index contributed by atoms with van der Waals surface area (Å²) in [4.78, 5) is 28.2. The number of carbonyl (C=O) groups excluding carboxylic acids is 1. The molecule has 0 fully saturated rings. The normalized spacial score (nSPS) is 10.8. The number of aryl methyl sites for hydroxylation is 1. The first-order valence-corrected chi connectivity index (χ1v) is 6.82. The Kier molecular flexibility index (Phi) is 2.87. The molecule has 0 radical (unpaired) electrons. The second-order valence-electron chi connectivity index (χ2n) is 4.45. The van der Waals surface area contributed by atoms with Gasteiger partial charge in [-0.25, -0.2) is 4.98 Å². The monoisotopic (exact) mass is 285 g/mol. The van der Waals surface area contributed by atoms with Crippen LogP contribution in [0, 0.1) is 6.92 Å². The van der Waals surface area contributed by atoms with Crippen molar-refractivity contribution in [2.45, 2.75) is 6.92 Å². The number of hydrogen-bond donors (Lipinski definition) is 1. The first-order chi connectivity index (χ1) is 9.58. The number of nitrogens with two attached hydrogens (primary N) is 1. The van der Waals surface area contributed by atoms with Gasteiger partial charge >= 0.3 is 0 Å². The van der Waals surface area contributed by atoms with E-state index in [1.165, 1.54) is 21.9 Å². The zero-order valence-corrected chi connectivity index (χ0v) is 11.5. The summed E-state index contributed by atoms with van der Waals surface area (Å²) in [5.41, 5.74) is 7.41. The Hall–Kier alpha value is -2.47. The van der Waals surface area contributed by atoms with Crippen LogP contribution in [0.25, 0.3) is 16.2 Å². The Morgan fingerprint density at radius 3 is 2.65 bits per heavy atom. The second-order valence-corrected chi connectivity index (χ2v) is 5.28. The Balaban J connectivity index is 2.32. The van der Waals surface area contributed by atoms with Crippen LogP contribution in [0.1, 0.15) is 15.9 Å². The highest BCUT2D eigenvalue weighted by Gasteiger charge is 2.14. The maximum Gasteiger partial charge on any atom is 0.271 e. The molecule has 3 aromatic rings. The minimum absolute atomic E-state index is 0.103. The lowest BCUT2D eigenvalue weighted by Gasteiger charge is -2.03. The molecule has 100 valence electrons. The molecule has 20 heavy (non-hydrogen) atoms. The van der Waals surface area contributed by atoms with Gasteiger partial charge in [-0.05, 0) is 12.5 Å². The molecule has 0 saturated heterocycles.